The molecule has 4 nitrogen and oxygen atoms in total. The molecule has 1 heterocycles. The largest absolute Gasteiger partial charge is 0.412 e. The highest BCUT2D eigenvalue weighted by molar-refractivity contribution is 5.89. The van der Waals surface area contributed by atoms with Gasteiger partial charge < -0.3 is 10.9 Å². The third kappa shape index (κ3) is 3.21. The molecule has 15 heavy (non-hydrogen) atoms. The van der Waals surface area contributed by atoms with Gasteiger partial charge in [-0.15, -0.1) is 24.8 Å². The number of nitrogens with one attached hydrogen (secondary N) is 1. The number of rotatable bonds is 1. The summed E-state index contributed by atoms with van der Waals surface area (Å²) in [7, 11) is 0. The molecule has 0 aliphatic carbocycles. The fraction of sp³-hybridized carbons (Fsp3) is 0. The molecule has 1 aromatic carbocycles. The monoisotopic (exact) mass is 249 g/mol. The minimum Gasteiger partial charge on any atom is -0.412 e. The van der Waals surface area contributed by atoms with Gasteiger partial charge in [0.25, 0.3) is 0 Å². The van der Waals surface area contributed by atoms with E-state index >= 15 is 0 Å². The Bertz CT molecular complexity index is 406. The summed E-state index contributed by atoms with van der Waals surface area (Å²) in [5.41, 5.74) is 4.37. The summed E-state index contributed by atoms with van der Waals surface area (Å²) in [6.45, 7) is 0. The summed E-state index contributed by atoms with van der Waals surface area (Å²) in [5.74, 6) is 5.33. The summed E-state index contributed by atoms with van der Waals surface area (Å²) in [5, 5.41) is 1.09. The van der Waals surface area contributed by atoms with Gasteiger partial charge in [0.2, 0.25) is 0 Å². The van der Waals surface area contributed by atoms with Gasteiger partial charge in [-0.3, -0.25) is 10.8 Å². The van der Waals surface area contributed by atoms with E-state index in [1.54, 1.807) is 6.20 Å². The molecule has 6 heteroatoms. The van der Waals surface area contributed by atoms with Crippen molar-refractivity contribution in [2.24, 2.45) is 5.84 Å². The maximum atomic E-state index is 5.33. The molecule has 0 atom stereocenters. The van der Waals surface area contributed by atoms with E-state index in [1.165, 1.54) is 0 Å². The summed E-state index contributed by atoms with van der Waals surface area (Å²) in [6, 6.07) is 9.75. The van der Waals surface area contributed by atoms with E-state index in [2.05, 4.69) is 10.4 Å². The molecule has 2 aromatic rings. The Balaban J connectivity index is 0. The molecule has 0 amide bonds. The van der Waals surface area contributed by atoms with Crippen LogP contribution >= 0.6 is 24.8 Å². The van der Waals surface area contributed by atoms with Gasteiger partial charge in [0.1, 0.15) is 0 Å². The smallest absolute Gasteiger partial charge is 0.0946 e. The van der Waals surface area contributed by atoms with E-state index in [9.17, 15) is 0 Å². The predicted octanol–water partition coefficient (Wildman–Crippen LogP) is 1.54. The van der Waals surface area contributed by atoms with Crippen LogP contribution in [-0.4, -0.2) is 10.5 Å². The molecule has 0 spiro atoms. The Hall–Kier alpha value is -1.07. The standard InChI is InChI=1S/C9H9N3.2ClH.H2O/c10-12-8-5-1-3-7-4-2-6-11-9(7)8;;;/h1-6,12H,10H2;2*1H;1H2. The van der Waals surface area contributed by atoms with Crippen molar-refractivity contribution >= 4 is 41.4 Å². The highest BCUT2D eigenvalue weighted by atomic mass is 35.5. The van der Waals surface area contributed by atoms with Crippen LogP contribution in [0, 0.1) is 0 Å². The quantitative estimate of drug-likeness (QED) is 0.594. The van der Waals surface area contributed by atoms with Gasteiger partial charge in [-0.1, -0.05) is 18.2 Å². The van der Waals surface area contributed by atoms with Crippen molar-refractivity contribution in [1.82, 2.24) is 4.98 Å². The van der Waals surface area contributed by atoms with E-state index in [0.717, 1.165) is 16.6 Å². The number of hydrogen-bond donors (Lipinski definition) is 2. The van der Waals surface area contributed by atoms with Crippen LogP contribution in [0.4, 0.5) is 5.69 Å². The normalized spacial score (nSPS) is 8.07. The number of halogens is 2. The number of pyridine rings is 1. The highest BCUT2D eigenvalue weighted by Crippen LogP contribution is 2.18. The first-order valence-corrected chi connectivity index (χ1v) is 3.72. The average Bonchev–Trinajstić information content (AvgIpc) is 2.17. The molecule has 0 saturated heterocycles. The van der Waals surface area contributed by atoms with Gasteiger partial charge in [0, 0.05) is 11.6 Å². The molecule has 84 valence electrons. The van der Waals surface area contributed by atoms with Crippen molar-refractivity contribution in [2.45, 2.75) is 0 Å². The Morgan fingerprint density at radius 2 is 1.73 bits per heavy atom. The lowest BCUT2D eigenvalue weighted by Crippen LogP contribution is -2.07. The minimum absolute atomic E-state index is 0. The second kappa shape index (κ2) is 7.25. The number of nitrogen functional groups attached to an aromatic ring is 1. The molecular formula is C9H13Cl2N3O. The second-order valence-corrected chi connectivity index (χ2v) is 2.53. The van der Waals surface area contributed by atoms with Crippen molar-refractivity contribution in [3.8, 4) is 0 Å². The van der Waals surface area contributed by atoms with Crippen molar-refractivity contribution in [2.75, 3.05) is 5.43 Å². The molecule has 0 radical (unpaired) electrons. The molecule has 1 aromatic heterocycles. The van der Waals surface area contributed by atoms with Crippen molar-refractivity contribution in [3.05, 3.63) is 36.5 Å². The van der Waals surface area contributed by atoms with E-state index < -0.39 is 0 Å². The zero-order valence-corrected chi connectivity index (χ0v) is 9.44. The van der Waals surface area contributed by atoms with Gasteiger partial charge in [-0.25, -0.2) is 0 Å². The molecular weight excluding hydrogens is 237 g/mol. The average molecular weight is 250 g/mol. The van der Waals surface area contributed by atoms with Crippen LogP contribution in [0.15, 0.2) is 36.5 Å². The molecule has 0 bridgehead atoms. The third-order valence-corrected chi connectivity index (χ3v) is 1.79. The molecule has 5 N–H and O–H groups in total. The third-order valence-electron chi connectivity index (χ3n) is 1.79. The number of aromatic nitrogens is 1. The first-order valence-electron chi connectivity index (χ1n) is 3.72. The number of nitrogens with two attached hydrogens (primary N) is 1. The predicted molar refractivity (Wildman–Crippen MR) is 67.7 cm³/mol. The number of benzene rings is 1. The Labute approximate surface area is 100.0 Å². The zero-order valence-electron chi connectivity index (χ0n) is 7.81. The second-order valence-electron chi connectivity index (χ2n) is 2.53. The lowest BCUT2D eigenvalue weighted by molar-refractivity contribution is 0.824. The first-order chi connectivity index (χ1) is 5.92. The number of anilines is 1. The van der Waals surface area contributed by atoms with Crippen LogP contribution < -0.4 is 11.3 Å². The molecule has 0 fully saturated rings. The number of fused-ring (bicyclic) bond motifs is 1. The zero-order chi connectivity index (χ0) is 8.39. The van der Waals surface area contributed by atoms with E-state index in [1.807, 2.05) is 30.3 Å². The van der Waals surface area contributed by atoms with Crippen LogP contribution in [0.2, 0.25) is 0 Å². The first kappa shape index (κ1) is 16.4. The molecule has 0 saturated carbocycles. The van der Waals surface area contributed by atoms with Crippen molar-refractivity contribution < 1.29 is 5.48 Å². The lowest BCUT2D eigenvalue weighted by atomic mass is 10.2. The molecule has 0 unspecified atom stereocenters. The molecule has 0 aliphatic heterocycles. The Morgan fingerprint density at radius 1 is 1.07 bits per heavy atom. The fourth-order valence-electron chi connectivity index (χ4n) is 1.22. The van der Waals surface area contributed by atoms with E-state index in [-0.39, 0.29) is 30.3 Å². The van der Waals surface area contributed by atoms with Gasteiger partial charge in [-0.05, 0) is 12.1 Å². The van der Waals surface area contributed by atoms with E-state index in [4.69, 9.17) is 5.84 Å². The number of hydrazine groups is 1. The Morgan fingerprint density at radius 3 is 2.40 bits per heavy atom. The molecule has 0 aliphatic rings. The fourth-order valence-corrected chi connectivity index (χ4v) is 1.22. The number of nitrogens with zero attached hydrogens (tertiary/aromatic N) is 1. The maximum Gasteiger partial charge on any atom is 0.0946 e. The van der Waals surface area contributed by atoms with Crippen LogP contribution in [0.1, 0.15) is 0 Å². The highest BCUT2D eigenvalue weighted by Gasteiger charge is 1.97. The topological polar surface area (TPSA) is 82.4 Å². The number of para-hydroxylation sites is 1. The van der Waals surface area contributed by atoms with Gasteiger partial charge in [-0.2, -0.15) is 0 Å². The minimum atomic E-state index is 0. The molecule has 2 rings (SSSR count). The lowest BCUT2D eigenvalue weighted by Gasteiger charge is -2.02. The SMILES string of the molecule is Cl.Cl.NNc1cccc2cccnc12.O. The summed E-state index contributed by atoms with van der Waals surface area (Å²) >= 11 is 0. The van der Waals surface area contributed by atoms with Crippen molar-refractivity contribution in [1.29, 1.82) is 0 Å². The van der Waals surface area contributed by atoms with Gasteiger partial charge in [0.05, 0.1) is 11.2 Å². The maximum absolute atomic E-state index is 5.33. The van der Waals surface area contributed by atoms with Crippen LogP contribution in [0.5, 0.6) is 0 Å². The summed E-state index contributed by atoms with van der Waals surface area (Å²) in [4.78, 5) is 4.21. The number of hydrogen-bond acceptors (Lipinski definition) is 3. The van der Waals surface area contributed by atoms with Crippen LogP contribution in [0.3, 0.4) is 0 Å². The van der Waals surface area contributed by atoms with Crippen molar-refractivity contribution in [3.63, 3.8) is 0 Å². The van der Waals surface area contributed by atoms with Gasteiger partial charge >= 0.3 is 0 Å². The summed E-state index contributed by atoms with van der Waals surface area (Å²) < 4.78 is 0. The van der Waals surface area contributed by atoms with Crippen LogP contribution in [-0.2, 0) is 0 Å². The van der Waals surface area contributed by atoms with Crippen LogP contribution in [0.25, 0.3) is 10.9 Å². The van der Waals surface area contributed by atoms with Gasteiger partial charge in [0.15, 0.2) is 0 Å². The summed E-state index contributed by atoms with van der Waals surface area (Å²) in [6.07, 6.45) is 1.75. The Kier molecular flexibility index (Phi) is 7.91. The van der Waals surface area contributed by atoms with E-state index in [0.29, 0.717) is 0 Å².